The SMILES string of the molecule is CCOC(=O)CC(=O)OC[C@H]1Oc2ccc([C@H]3Oc4cc(O)cc(O)c4C(=O)[C@@H]3O)cc2O[C@@H]1c1ccc(O)c(OC)c1. The summed E-state index contributed by atoms with van der Waals surface area (Å²) in [6.45, 7) is 1.42. The molecule has 13 nitrogen and oxygen atoms in total. The van der Waals surface area contributed by atoms with Gasteiger partial charge in [0.15, 0.2) is 47.4 Å². The first kappa shape index (κ1) is 29.3. The number of hydrogen-bond acceptors (Lipinski definition) is 13. The third kappa shape index (κ3) is 5.93. The quantitative estimate of drug-likeness (QED) is 0.220. The third-order valence-electron chi connectivity index (χ3n) is 6.82. The van der Waals surface area contributed by atoms with Crippen LogP contribution in [0.2, 0.25) is 0 Å². The Morgan fingerprint density at radius 2 is 1.51 bits per heavy atom. The number of carbonyl (C=O) groups excluding carboxylic acids is 3. The highest BCUT2D eigenvalue weighted by Crippen LogP contribution is 2.46. The van der Waals surface area contributed by atoms with Gasteiger partial charge >= 0.3 is 11.9 Å². The first-order chi connectivity index (χ1) is 20.6. The molecule has 0 radical (unpaired) electrons. The molecule has 5 rings (SSSR count). The van der Waals surface area contributed by atoms with Crippen LogP contribution >= 0.6 is 0 Å². The summed E-state index contributed by atoms with van der Waals surface area (Å²) in [6, 6.07) is 11.2. The van der Waals surface area contributed by atoms with Gasteiger partial charge in [0.25, 0.3) is 0 Å². The zero-order valence-corrected chi connectivity index (χ0v) is 23.0. The lowest BCUT2D eigenvalue weighted by molar-refractivity contribution is -0.157. The van der Waals surface area contributed by atoms with Crippen LogP contribution in [0.3, 0.4) is 0 Å². The van der Waals surface area contributed by atoms with Gasteiger partial charge in [-0.25, -0.2) is 0 Å². The number of hydrogen-bond donors (Lipinski definition) is 4. The summed E-state index contributed by atoms with van der Waals surface area (Å²) >= 11 is 0. The van der Waals surface area contributed by atoms with Crippen LogP contribution in [0.25, 0.3) is 0 Å². The van der Waals surface area contributed by atoms with Gasteiger partial charge < -0.3 is 48.8 Å². The molecule has 2 aliphatic rings. The molecule has 0 spiro atoms. The fraction of sp³-hybridized carbons (Fsp3) is 0.300. The van der Waals surface area contributed by atoms with Gasteiger partial charge in [-0.3, -0.25) is 14.4 Å². The van der Waals surface area contributed by atoms with E-state index in [9.17, 15) is 34.8 Å². The van der Waals surface area contributed by atoms with Crippen molar-refractivity contribution in [1.82, 2.24) is 0 Å². The molecule has 0 amide bonds. The summed E-state index contributed by atoms with van der Waals surface area (Å²) in [4.78, 5) is 36.8. The normalized spacial score (nSPS) is 20.4. The van der Waals surface area contributed by atoms with Gasteiger partial charge in [0.05, 0.1) is 13.7 Å². The molecule has 43 heavy (non-hydrogen) atoms. The second-order valence-corrected chi connectivity index (χ2v) is 9.68. The van der Waals surface area contributed by atoms with Crippen molar-refractivity contribution < 1.29 is 63.2 Å². The molecule has 0 unspecified atom stereocenters. The molecular formula is C30H28O13. The lowest BCUT2D eigenvalue weighted by atomic mass is 9.92. The van der Waals surface area contributed by atoms with Crippen molar-refractivity contribution in [3.8, 4) is 40.2 Å². The standard InChI is InChI=1S/C30H28O13/c1-3-39-24(34)12-25(35)40-13-23-29(14-4-6-17(32)20(8-14)38-2)42-21-9-15(5-7-19(21)41-23)30-28(37)27(36)26-18(33)10-16(31)11-22(26)43-30/h4-11,23,28-33,37H,3,12-13H2,1-2H3/t23-,28+,29-,30-/m1/s1. The summed E-state index contributed by atoms with van der Waals surface area (Å²) in [7, 11) is 1.38. The predicted molar refractivity (Wildman–Crippen MR) is 145 cm³/mol. The van der Waals surface area contributed by atoms with Crippen molar-refractivity contribution in [1.29, 1.82) is 0 Å². The van der Waals surface area contributed by atoms with Crippen molar-refractivity contribution in [2.24, 2.45) is 0 Å². The van der Waals surface area contributed by atoms with Crippen LogP contribution < -0.4 is 18.9 Å². The van der Waals surface area contributed by atoms with E-state index in [0.29, 0.717) is 11.1 Å². The Kier molecular flexibility index (Phi) is 8.17. The highest BCUT2D eigenvalue weighted by Gasteiger charge is 2.41. The molecule has 0 saturated carbocycles. The number of aromatic hydroxyl groups is 3. The number of phenols is 3. The Hall–Kier alpha value is -5.17. The largest absolute Gasteiger partial charge is 0.508 e. The number of esters is 2. The van der Waals surface area contributed by atoms with Crippen molar-refractivity contribution >= 4 is 17.7 Å². The van der Waals surface area contributed by atoms with Crippen LogP contribution in [-0.4, -0.2) is 70.7 Å². The molecule has 4 N–H and O–H groups in total. The van der Waals surface area contributed by atoms with E-state index < -0.39 is 54.3 Å². The Balaban J connectivity index is 1.44. The molecule has 3 aromatic rings. The molecule has 2 heterocycles. The molecule has 226 valence electrons. The molecule has 0 fully saturated rings. The fourth-order valence-corrected chi connectivity index (χ4v) is 4.82. The first-order valence-electron chi connectivity index (χ1n) is 13.2. The van der Waals surface area contributed by atoms with E-state index in [1.54, 1.807) is 13.0 Å². The number of aliphatic hydroxyl groups excluding tert-OH is 1. The number of ether oxygens (including phenoxy) is 6. The highest BCUT2D eigenvalue weighted by molar-refractivity contribution is 6.05. The first-order valence-corrected chi connectivity index (χ1v) is 13.2. The van der Waals surface area contributed by atoms with Crippen molar-refractivity contribution in [3.63, 3.8) is 0 Å². The molecule has 2 aliphatic heterocycles. The number of aliphatic hydroxyl groups is 1. The van der Waals surface area contributed by atoms with E-state index in [1.807, 2.05) is 0 Å². The van der Waals surface area contributed by atoms with Crippen LogP contribution in [-0.2, 0) is 19.1 Å². The number of fused-ring (bicyclic) bond motifs is 2. The van der Waals surface area contributed by atoms with Crippen molar-refractivity contribution in [2.45, 2.75) is 37.8 Å². The maximum Gasteiger partial charge on any atom is 0.317 e. The topological polar surface area (TPSA) is 188 Å². The molecule has 0 aromatic heterocycles. The number of benzene rings is 3. The number of rotatable bonds is 8. The van der Waals surface area contributed by atoms with Crippen LogP contribution in [0.15, 0.2) is 48.5 Å². The zero-order valence-electron chi connectivity index (χ0n) is 23.0. The maximum absolute atomic E-state index is 12.9. The number of phenolic OH excluding ortho intramolecular Hbond substituents is 3. The molecular weight excluding hydrogens is 568 g/mol. The molecule has 4 atom stereocenters. The summed E-state index contributed by atoms with van der Waals surface area (Å²) in [5, 5.41) is 40.8. The number of methoxy groups -OCH3 is 1. The third-order valence-corrected chi connectivity index (χ3v) is 6.82. The monoisotopic (exact) mass is 596 g/mol. The van der Waals surface area contributed by atoms with Gasteiger partial charge in [0.2, 0.25) is 5.78 Å². The number of carbonyl (C=O) groups is 3. The Morgan fingerprint density at radius 3 is 2.26 bits per heavy atom. The summed E-state index contributed by atoms with van der Waals surface area (Å²) in [6.07, 6.45) is -5.31. The number of ketones is 1. The van der Waals surface area contributed by atoms with Crippen LogP contribution in [0.5, 0.6) is 40.2 Å². The Labute approximate surface area is 244 Å². The van der Waals surface area contributed by atoms with Gasteiger partial charge in [-0.15, -0.1) is 0 Å². The van der Waals surface area contributed by atoms with Crippen LogP contribution in [0, 0.1) is 0 Å². The van der Waals surface area contributed by atoms with E-state index in [-0.39, 0.29) is 53.3 Å². The molecule has 13 heteroatoms. The average molecular weight is 597 g/mol. The van der Waals surface area contributed by atoms with E-state index >= 15 is 0 Å². The lowest BCUT2D eigenvalue weighted by Gasteiger charge is -2.35. The minimum absolute atomic E-state index is 0.105. The second kappa shape index (κ2) is 12.0. The smallest absolute Gasteiger partial charge is 0.317 e. The molecule has 0 aliphatic carbocycles. The van der Waals surface area contributed by atoms with Gasteiger partial charge in [-0.05, 0) is 36.8 Å². The molecule has 0 bridgehead atoms. The lowest BCUT2D eigenvalue weighted by Crippen LogP contribution is -2.38. The average Bonchev–Trinajstić information content (AvgIpc) is 2.97. The van der Waals surface area contributed by atoms with Crippen LogP contribution in [0.4, 0.5) is 0 Å². The van der Waals surface area contributed by atoms with E-state index in [1.165, 1.54) is 37.4 Å². The number of Topliss-reactive ketones (excluding diaryl/α,β-unsaturated/α-hetero) is 1. The van der Waals surface area contributed by atoms with E-state index in [4.69, 9.17) is 28.4 Å². The second-order valence-electron chi connectivity index (χ2n) is 9.68. The van der Waals surface area contributed by atoms with Gasteiger partial charge in [0.1, 0.15) is 35.8 Å². The van der Waals surface area contributed by atoms with Gasteiger partial charge in [-0.1, -0.05) is 12.1 Å². The minimum atomic E-state index is -1.69. The van der Waals surface area contributed by atoms with Crippen molar-refractivity contribution in [2.75, 3.05) is 20.3 Å². The van der Waals surface area contributed by atoms with E-state index in [0.717, 1.165) is 12.1 Å². The fourth-order valence-electron chi connectivity index (χ4n) is 4.82. The molecule has 3 aromatic carbocycles. The predicted octanol–water partition coefficient (Wildman–Crippen LogP) is 2.87. The maximum atomic E-state index is 12.9. The zero-order chi connectivity index (χ0) is 30.8. The molecule has 0 saturated heterocycles. The summed E-state index contributed by atoms with van der Waals surface area (Å²) in [5.41, 5.74) is 0.556. The minimum Gasteiger partial charge on any atom is -0.508 e. The Morgan fingerprint density at radius 1 is 0.814 bits per heavy atom. The highest BCUT2D eigenvalue weighted by atomic mass is 16.6. The summed E-state index contributed by atoms with van der Waals surface area (Å²) < 4.78 is 33.5. The van der Waals surface area contributed by atoms with E-state index in [2.05, 4.69) is 0 Å². The Bertz CT molecular complexity index is 1570. The van der Waals surface area contributed by atoms with Crippen molar-refractivity contribution in [3.05, 3.63) is 65.2 Å². The summed E-state index contributed by atoms with van der Waals surface area (Å²) in [5.74, 6) is -2.84. The van der Waals surface area contributed by atoms with Crippen LogP contribution in [0.1, 0.15) is 47.0 Å². The van der Waals surface area contributed by atoms with Gasteiger partial charge in [0, 0.05) is 17.7 Å². The van der Waals surface area contributed by atoms with Gasteiger partial charge in [-0.2, -0.15) is 0 Å².